The molecule has 0 aliphatic carbocycles. The summed E-state index contributed by atoms with van der Waals surface area (Å²) in [6.45, 7) is 1.83. The number of carbonyl (C=O) groups is 1. The van der Waals surface area contributed by atoms with E-state index in [2.05, 4.69) is 10.3 Å². The largest absolute Gasteiger partial charge is 0.505 e. The number of anilines is 1. The van der Waals surface area contributed by atoms with Crippen LogP contribution < -0.4 is 5.32 Å². The van der Waals surface area contributed by atoms with Crippen LogP contribution in [0.25, 0.3) is 10.9 Å². The molecule has 0 fully saturated rings. The SMILES string of the molecule is Cc1ccc2ccc(C(=O)Nc3ccc(Cl)cc3)c(O)c2n1. The first-order valence-corrected chi connectivity index (χ1v) is 7.08. The van der Waals surface area contributed by atoms with Gasteiger partial charge < -0.3 is 10.4 Å². The Morgan fingerprint density at radius 3 is 2.50 bits per heavy atom. The molecule has 2 aromatic carbocycles. The van der Waals surface area contributed by atoms with Crippen molar-refractivity contribution in [1.29, 1.82) is 0 Å². The van der Waals surface area contributed by atoms with E-state index in [0.29, 0.717) is 16.2 Å². The molecule has 0 radical (unpaired) electrons. The van der Waals surface area contributed by atoms with Gasteiger partial charge >= 0.3 is 0 Å². The van der Waals surface area contributed by atoms with E-state index in [1.165, 1.54) is 0 Å². The molecule has 5 heteroatoms. The summed E-state index contributed by atoms with van der Waals surface area (Å²) in [5.74, 6) is -0.516. The van der Waals surface area contributed by atoms with Gasteiger partial charge in [0.05, 0.1) is 5.56 Å². The van der Waals surface area contributed by atoms with Crippen molar-refractivity contribution in [2.45, 2.75) is 6.92 Å². The number of nitrogens with one attached hydrogen (secondary N) is 1. The summed E-state index contributed by atoms with van der Waals surface area (Å²) in [7, 11) is 0. The number of amides is 1. The fourth-order valence-corrected chi connectivity index (χ4v) is 2.31. The van der Waals surface area contributed by atoms with Crippen LogP contribution in [0.4, 0.5) is 5.69 Å². The molecular formula is C17H13ClN2O2. The number of pyridine rings is 1. The molecule has 3 rings (SSSR count). The Hall–Kier alpha value is -2.59. The smallest absolute Gasteiger partial charge is 0.259 e. The molecule has 1 aromatic heterocycles. The Labute approximate surface area is 132 Å². The van der Waals surface area contributed by atoms with Crippen molar-refractivity contribution in [2.24, 2.45) is 0 Å². The molecule has 2 N–H and O–H groups in total. The number of carbonyl (C=O) groups excluding carboxylic acids is 1. The maximum absolute atomic E-state index is 12.3. The lowest BCUT2D eigenvalue weighted by Gasteiger charge is -2.09. The number of nitrogens with zero attached hydrogens (tertiary/aromatic N) is 1. The monoisotopic (exact) mass is 312 g/mol. The molecule has 0 saturated carbocycles. The van der Waals surface area contributed by atoms with Gasteiger partial charge in [0.25, 0.3) is 5.91 Å². The van der Waals surface area contributed by atoms with Crippen molar-refractivity contribution in [1.82, 2.24) is 4.98 Å². The second-order valence-electron chi connectivity index (χ2n) is 4.95. The Balaban J connectivity index is 1.97. The number of aromatic nitrogens is 1. The van der Waals surface area contributed by atoms with Crippen LogP contribution >= 0.6 is 11.6 Å². The highest BCUT2D eigenvalue weighted by atomic mass is 35.5. The van der Waals surface area contributed by atoms with E-state index in [0.717, 1.165) is 11.1 Å². The summed E-state index contributed by atoms with van der Waals surface area (Å²) in [5, 5.41) is 14.4. The summed E-state index contributed by atoms with van der Waals surface area (Å²) in [5.41, 5.74) is 1.98. The van der Waals surface area contributed by atoms with Crippen LogP contribution in [-0.4, -0.2) is 16.0 Å². The number of aromatic hydroxyl groups is 1. The van der Waals surface area contributed by atoms with Gasteiger partial charge in [-0.05, 0) is 43.3 Å². The molecule has 1 amide bonds. The number of hydrogen-bond acceptors (Lipinski definition) is 3. The van der Waals surface area contributed by atoms with E-state index >= 15 is 0 Å². The molecule has 0 atom stereocenters. The van der Waals surface area contributed by atoms with Gasteiger partial charge in [-0.15, -0.1) is 0 Å². The van der Waals surface area contributed by atoms with E-state index in [1.807, 2.05) is 19.1 Å². The quantitative estimate of drug-likeness (QED) is 0.747. The van der Waals surface area contributed by atoms with Gasteiger partial charge in [0.2, 0.25) is 0 Å². The van der Waals surface area contributed by atoms with Gasteiger partial charge in [0.1, 0.15) is 5.52 Å². The molecule has 0 unspecified atom stereocenters. The van der Waals surface area contributed by atoms with E-state index in [4.69, 9.17) is 11.6 Å². The number of phenolic OH excluding ortho intramolecular Hbond substituents is 1. The zero-order valence-electron chi connectivity index (χ0n) is 11.8. The van der Waals surface area contributed by atoms with E-state index in [-0.39, 0.29) is 11.3 Å². The number of halogens is 1. The Kier molecular flexibility index (Phi) is 3.69. The lowest BCUT2D eigenvalue weighted by molar-refractivity contribution is 0.102. The zero-order chi connectivity index (χ0) is 15.7. The molecule has 0 bridgehead atoms. The van der Waals surface area contributed by atoms with Gasteiger partial charge in [-0.25, -0.2) is 4.98 Å². The first-order valence-electron chi connectivity index (χ1n) is 6.71. The molecule has 0 aliphatic heterocycles. The highest BCUT2D eigenvalue weighted by molar-refractivity contribution is 6.30. The number of fused-ring (bicyclic) bond motifs is 1. The van der Waals surface area contributed by atoms with Crippen molar-refractivity contribution >= 4 is 34.1 Å². The standard InChI is InChI=1S/C17H13ClN2O2/c1-10-2-3-11-4-9-14(16(21)15(11)19-10)17(22)20-13-7-5-12(18)6-8-13/h2-9,21H,1H3,(H,20,22). The maximum Gasteiger partial charge on any atom is 0.259 e. The van der Waals surface area contributed by atoms with Crippen LogP contribution in [0.5, 0.6) is 5.75 Å². The molecule has 4 nitrogen and oxygen atoms in total. The molecule has 0 saturated heterocycles. The average molecular weight is 313 g/mol. The van der Waals surface area contributed by atoms with Crippen LogP contribution in [-0.2, 0) is 0 Å². The molecule has 0 aliphatic rings. The minimum atomic E-state index is -0.398. The van der Waals surface area contributed by atoms with Crippen LogP contribution in [0.3, 0.4) is 0 Å². The normalized spacial score (nSPS) is 10.6. The first-order chi connectivity index (χ1) is 10.5. The maximum atomic E-state index is 12.3. The fraction of sp³-hybridized carbons (Fsp3) is 0.0588. The second kappa shape index (κ2) is 5.66. The highest BCUT2D eigenvalue weighted by Crippen LogP contribution is 2.28. The number of aryl methyl sites for hydroxylation is 1. The Morgan fingerprint density at radius 2 is 1.77 bits per heavy atom. The Bertz CT molecular complexity index is 860. The summed E-state index contributed by atoms with van der Waals surface area (Å²) in [6, 6.07) is 13.8. The minimum absolute atomic E-state index is 0.118. The van der Waals surface area contributed by atoms with E-state index in [1.54, 1.807) is 36.4 Å². The van der Waals surface area contributed by atoms with Crippen molar-refractivity contribution in [3.05, 3.63) is 64.8 Å². The van der Waals surface area contributed by atoms with Gasteiger partial charge in [-0.1, -0.05) is 23.7 Å². The van der Waals surface area contributed by atoms with Gasteiger partial charge in [-0.3, -0.25) is 4.79 Å². The molecule has 110 valence electrons. The summed E-state index contributed by atoms with van der Waals surface area (Å²) in [6.07, 6.45) is 0. The average Bonchev–Trinajstić information content (AvgIpc) is 2.50. The van der Waals surface area contributed by atoms with Crippen molar-refractivity contribution in [3.8, 4) is 5.75 Å². The van der Waals surface area contributed by atoms with Gasteiger partial charge in [-0.2, -0.15) is 0 Å². The molecule has 1 heterocycles. The fourth-order valence-electron chi connectivity index (χ4n) is 2.19. The third-order valence-electron chi connectivity index (χ3n) is 3.32. The zero-order valence-corrected chi connectivity index (χ0v) is 12.6. The number of hydrogen-bond donors (Lipinski definition) is 2. The number of rotatable bonds is 2. The van der Waals surface area contributed by atoms with Crippen LogP contribution in [0.1, 0.15) is 16.1 Å². The second-order valence-corrected chi connectivity index (χ2v) is 5.38. The minimum Gasteiger partial charge on any atom is -0.505 e. The number of phenols is 1. The molecule has 3 aromatic rings. The summed E-state index contributed by atoms with van der Waals surface area (Å²) in [4.78, 5) is 16.6. The molecule has 0 spiro atoms. The van der Waals surface area contributed by atoms with Gasteiger partial charge in [0.15, 0.2) is 5.75 Å². The van der Waals surface area contributed by atoms with Gasteiger partial charge in [0, 0.05) is 21.8 Å². The van der Waals surface area contributed by atoms with Crippen molar-refractivity contribution in [3.63, 3.8) is 0 Å². The molecular weight excluding hydrogens is 300 g/mol. The predicted molar refractivity (Wildman–Crippen MR) is 87.6 cm³/mol. The van der Waals surface area contributed by atoms with E-state index < -0.39 is 5.91 Å². The third-order valence-corrected chi connectivity index (χ3v) is 3.57. The third kappa shape index (κ3) is 2.73. The van der Waals surface area contributed by atoms with Crippen molar-refractivity contribution < 1.29 is 9.90 Å². The summed E-state index contributed by atoms with van der Waals surface area (Å²) < 4.78 is 0. The van der Waals surface area contributed by atoms with Crippen LogP contribution in [0.2, 0.25) is 5.02 Å². The lowest BCUT2D eigenvalue weighted by atomic mass is 10.1. The topological polar surface area (TPSA) is 62.2 Å². The highest BCUT2D eigenvalue weighted by Gasteiger charge is 2.15. The van der Waals surface area contributed by atoms with Crippen LogP contribution in [0.15, 0.2) is 48.5 Å². The summed E-state index contributed by atoms with van der Waals surface area (Å²) >= 11 is 5.81. The molecule has 22 heavy (non-hydrogen) atoms. The van der Waals surface area contributed by atoms with E-state index in [9.17, 15) is 9.90 Å². The van der Waals surface area contributed by atoms with Crippen LogP contribution in [0, 0.1) is 6.92 Å². The predicted octanol–water partition coefficient (Wildman–Crippen LogP) is 4.15. The van der Waals surface area contributed by atoms with Crippen molar-refractivity contribution in [2.75, 3.05) is 5.32 Å². The number of benzene rings is 2. The first kappa shape index (κ1) is 14.4. The lowest BCUT2D eigenvalue weighted by Crippen LogP contribution is -2.12. The Morgan fingerprint density at radius 1 is 1.09 bits per heavy atom.